The summed E-state index contributed by atoms with van der Waals surface area (Å²) in [6.07, 6.45) is 9.61. The van der Waals surface area contributed by atoms with E-state index in [4.69, 9.17) is 0 Å². The summed E-state index contributed by atoms with van der Waals surface area (Å²) in [7, 11) is 0. The van der Waals surface area contributed by atoms with Crippen LogP contribution in [-0.4, -0.2) is 18.0 Å². The van der Waals surface area contributed by atoms with Crippen LogP contribution in [0.15, 0.2) is 18.2 Å². The van der Waals surface area contributed by atoms with Crippen LogP contribution in [0.2, 0.25) is 0 Å². The predicted molar refractivity (Wildman–Crippen MR) is 72.2 cm³/mol. The van der Waals surface area contributed by atoms with Crippen molar-refractivity contribution in [1.29, 1.82) is 0 Å². The van der Waals surface area contributed by atoms with E-state index in [1.807, 2.05) is 0 Å². The Balaban J connectivity index is 1.70. The molecule has 1 saturated heterocycles. The highest BCUT2D eigenvalue weighted by molar-refractivity contribution is 5.33. The van der Waals surface area contributed by atoms with E-state index in [-0.39, 0.29) is 0 Å². The number of aryl methyl sites for hydroxylation is 2. The van der Waals surface area contributed by atoms with E-state index in [0.717, 1.165) is 0 Å². The SMILES string of the molecule is c1cc2c(cc1CN1CCCCC1)CCCC2. The summed E-state index contributed by atoms with van der Waals surface area (Å²) in [5, 5.41) is 0. The van der Waals surface area contributed by atoms with Crippen molar-refractivity contribution in [1.82, 2.24) is 4.90 Å². The maximum Gasteiger partial charge on any atom is 0.0233 e. The van der Waals surface area contributed by atoms with E-state index in [1.165, 1.54) is 70.1 Å². The standard InChI is InChI=1S/C16H23N/c1-4-10-17(11-5-1)13-14-8-9-15-6-2-3-7-16(15)12-14/h8-9,12H,1-7,10-11,13H2. The molecule has 1 nitrogen and oxygen atoms in total. The number of nitrogens with zero attached hydrogens (tertiary/aromatic N) is 1. The van der Waals surface area contributed by atoms with Gasteiger partial charge < -0.3 is 0 Å². The van der Waals surface area contributed by atoms with E-state index in [2.05, 4.69) is 23.1 Å². The fraction of sp³-hybridized carbons (Fsp3) is 0.625. The molecule has 92 valence electrons. The Bertz CT molecular complexity index is 377. The molecule has 1 heteroatoms. The van der Waals surface area contributed by atoms with Crippen molar-refractivity contribution in [2.24, 2.45) is 0 Å². The number of fused-ring (bicyclic) bond motifs is 1. The van der Waals surface area contributed by atoms with Crippen LogP contribution in [0.3, 0.4) is 0 Å². The first kappa shape index (κ1) is 11.3. The molecular formula is C16H23N. The lowest BCUT2D eigenvalue weighted by Gasteiger charge is -2.27. The Morgan fingerprint density at radius 1 is 0.824 bits per heavy atom. The third-order valence-electron chi connectivity index (χ3n) is 4.27. The fourth-order valence-electron chi connectivity index (χ4n) is 3.26. The van der Waals surface area contributed by atoms with Gasteiger partial charge in [0, 0.05) is 6.54 Å². The molecule has 0 bridgehead atoms. The second-order valence-electron chi connectivity index (χ2n) is 5.65. The van der Waals surface area contributed by atoms with Crippen LogP contribution in [0.5, 0.6) is 0 Å². The summed E-state index contributed by atoms with van der Waals surface area (Å²) in [6.45, 7) is 3.78. The van der Waals surface area contributed by atoms with Crippen LogP contribution in [0.4, 0.5) is 0 Å². The number of hydrogen-bond donors (Lipinski definition) is 0. The first-order valence-corrected chi connectivity index (χ1v) is 7.25. The van der Waals surface area contributed by atoms with Gasteiger partial charge in [0.1, 0.15) is 0 Å². The van der Waals surface area contributed by atoms with Crippen molar-refractivity contribution in [2.75, 3.05) is 13.1 Å². The Labute approximate surface area is 105 Å². The average Bonchev–Trinajstić information content (AvgIpc) is 2.40. The molecule has 1 aliphatic carbocycles. The molecule has 0 radical (unpaired) electrons. The molecule has 0 atom stereocenters. The van der Waals surface area contributed by atoms with Gasteiger partial charge in [0.05, 0.1) is 0 Å². The zero-order chi connectivity index (χ0) is 11.5. The largest absolute Gasteiger partial charge is 0.299 e. The lowest BCUT2D eigenvalue weighted by Crippen LogP contribution is -2.29. The molecule has 17 heavy (non-hydrogen) atoms. The minimum Gasteiger partial charge on any atom is -0.299 e. The molecule has 1 aromatic carbocycles. The smallest absolute Gasteiger partial charge is 0.0233 e. The summed E-state index contributed by atoms with van der Waals surface area (Å²) in [6, 6.07) is 7.22. The maximum atomic E-state index is 2.62. The number of likely N-dealkylation sites (tertiary alicyclic amines) is 1. The summed E-state index contributed by atoms with van der Waals surface area (Å²) >= 11 is 0. The summed E-state index contributed by atoms with van der Waals surface area (Å²) in [5.74, 6) is 0. The van der Waals surface area contributed by atoms with E-state index < -0.39 is 0 Å². The first-order chi connectivity index (χ1) is 8.42. The third kappa shape index (κ3) is 2.71. The average molecular weight is 229 g/mol. The highest BCUT2D eigenvalue weighted by Gasteiger charge is 2.13. The molecular weight excluding hydrogens is 206 g/mol. The number of benzene rings is 1. The van der Waals surface area contributed by atoms with Crippen molar-refractivity contribution < 1.29 is 0 Å². The first-order valence-electron chi connectivity index (χ1n) is 7.25. The molecule has 1 aromatic rings. The van der Waals surface area contributed by atoms with E-state index in [1.54, 1.807) is 11.1 Å². The molecule has 1 fully saturated rings. The number of hydrogen-bond acceptors (Lipinski definition) is 1. The number of piperidine rings is 1. The van der Waals surface area contributed by atoms with Crippen LogP contribution in [0.1, 0.15) is 48.8 Å². The fourth-order valence-corrected chi connectivity index (χ4v) is 3.26. The molecule has 0 saturated carbocycles. The van der Waals surface area contributed by atoms with Crippen molar-refractivity contribution >= 4 is 0 Å². The zero-order valence-corrected chi connectivity index (χ0v) is 10.8. The Morgan fingerprint density at radius 3 is 2.41 bits per heavy atom. The summed E-state index contributed by atoms with van der Waals surface area (Å²) in [5.41, 5.74) is 4.77. The van der Waals surface area contributed by atoms with Gasteiger partial charge in [-0.1, -0.05) is 24.6 Å². The lowest BCUT2D eigenvalue weighted by molar-refractivity contribution is 0.221. The normalized spacial score (nSPS) is 21.2. The minimum atomic E-state index is 1.17. The van der Waals surface area contributed by atoms with Gasteiger partial charge in [-0.25, -0.2) is 0 Å². The molecule has 2 aliphatic rings. The highest BCUT2D eigenvalue weighted by Crippen LogP contribution is 2.23. The van der Waals surface area contributed by atoms with Gasteiger partial charge in [-0.15, -0.1) is 0 Å². The van der Waals surface area contributed by atoms with Crippen LogP contribution in [-0.2, 0) is 19.4 Å². The highest BCUT2D eigenvalue weighted by atomic mass is 15.1. The topological polar surface area (TPSA) is 3.24 Å². The quantitative estimate of drug-likeness (QED) is 0.749. The molecule has 0 aromatic heterocycles. The van der Waals surface area contributed by atoms with Crippen LogP contribution < -0.4 is 0 Å². The lowest BCUT2D eigenvalue weighted by atomic mass is 9.90. The number of rotatable bonds is 2. The van der Waals surface area contributed by atoms with Crippen LogP contribution >= 0.6 is 0 Å². The van der Waals surface area contributed by atoms with Crippen LogP contribution in [0.25, 0.3) is 0 Å². The predicted octanol–water partition coefficient (Wildman–Crippen LogP) is 3.55. The van der Waals surface area contributed by atoms with Gasteiger partial charge in [-0.3, -0.25) is 4.90 Å². The third-order valence-corrected chi connectivity index (χ3v) is 4.27. The van der Waals surface area contributed by atoms with Gasteiger partial charge in [-0.05, 0) is 68.3 Å². The molecule has 0 N–H and O–H groups in total. The van der Waals surface area contributed by atoms with Gasteiger partial charge in [0.15, 0.2) is 0 Å². The Morgan fingerprint density at radius 2 is 1.59 bits per heavy atom. The van der Waals surface area contributed by atoms with Gasteiger partial charge in [0.2, 0.25) is 0 Å². The minimum absolute atomic E-state index is 1.17. The monoisotopic (exact) mass is 229 g/mol. The summed E-state index contributed by atoms with van der Waals surface area (Å²) < 4.78 is 0. The van der Waals surface area contributed by atoms with Crippen molar-refractivity contribution in [3.63, 3.8) is 0 Å². The van der Waals surface area contributed by atoms with Crippen LogP contribution in [0, 0.1) is 0 Å². The van der Waals surface area contributed by atoms with Crippen molar-refractivity contribution in [3.05, 3.63) is 34.9 Å². The van der Waals surface area contributed by atoms with Crippen molar-refractivity contribution in [2.45, 2.75) is 51.5 Å². The second-order valence-corrected chi connectivity index (χ2v) is 5.65. The molecule has 1 aliphatic heterocycles. The molecule has 0 amide bonds. The van der Waals surface area contributed by atoms with Crippen molar-refractivity contribution in [3.8, 4) is 0 Å². The van der Waals surface area contributed by atoms with E-state index in [0.29, 0.717) is 0 Å². The Kier molecular flexibility index (Phi) is 3.46. The zero-order valence-electron chi connectivity index (χ0n) is 10.8. The van der Waals surface area contributed by atoms with E-state index >= 15 is 0 Å². The van der Waals surface area contributed by atoms with Gasteiger partial charge in [0.25, 0.3) is 0 Å². The second kappa shape index (κ2) is 5.22. The summed E-state index contributed by atoms with van der Waals surface area (Å²) in [4.78, 5) is 2.62. The van der Waals surface area contributed by atoms with Gasteiger partial charge >= 0.3 is 0 Å². The molecule has 1 heterocycles. The van der Waals surface area contributed by atoms with E-state index in [9.17, 15) is 0 Å². The maximum absolute atomic E-state index is 2.62. The molecule has 3 rings (SSSR count). The molecule has 0 spiro atoms. The molecule has 0 unspecified atom stereocenters. The van der Waals surface area contributed by atoms with Gasteiger partial charge in [-0.2, -0.15) is 0 Å². The Hall–Kier alpha value is -0.820.